The summed E-state index contributed by atoms with van der Waals surface area (Å²) in [5.41, 5.74) is 1.34. The van der Waals surface area contributed by atoms with Gasteiger partial charge in [-0.15, -0.1) is 0 Å². The molecule has 25 heavy (non-hydrogen) atoms. The van der Waals surface area contributed by atoms with E-state index in [1.807, 2.05) is 12.1 Å². The van der Waals surface area contributed by atoms with Gasteiger partial charge >= 0.3 is 0 Å². The fraction of sp³-hybridized carbons (Fsp3) is 0.682. The molecule has 0 unspecified atom stereocenters. The molecule has 0 aliphatic heterocycles. The summed E-state index contributed by atoms with van der Waals surface area (Å²) < 4.78 is 5.23. The van der Waals surface area contributed by atoms with Crippen LogP contribution in [0, 0.1) is 5.92 Å². The number of methoxy groups -OCH3 is 1. The van der Waals surface area contributed by atoms with Gasteiger partial charge in [-0.1, -0.05) is 38.3 Å². The maximum absolute atomic E-state index is 12.4. The lowest BCUT2D eigenvalue weighted by Gasteiger charge is -2.28. The summed E-state index contributed by atoms with van der Waals surface area (Å²) in [5.74, 6) is 1.78. The molecule has 0 amide bonds. The molecular formula is C22H35NO2. The Hall–Kier alpha value is -1.35. The van der Waals surface area contributed by atoms with Gasteiger partial charge in [0, 0.05) is 18.4 Å². The number of likely N-dealkylation sites (N-methyl/N-ethyl adjacent to an activating group) is 1. The predicted octanol–water partition coefficient (Wildman–Crippen LogP) is 4.88. The molecule has 1 aliphatic carbocycles. The molecule has 3 heteroatoms. The zero-order valence-corrected chi connectivity index (χ0v) is 16.3. The smallest absolute Gasteiger partial charge is 0.136 e. The Labute approximate surface area is 153 Å². The van der Waals surface area contributed by atoms with Gasteiger partial charge in [-0.25, -0.2) is 0 Å². The van der Waals surface area contributed by atoms with Gasteiger partial charge in [-0.2, -0.15) is 0 Å². The van der Waals surface area contributed by atoms with E-state index >= 15 is 0 Å². The van der Waals surface area contributed by atoms with Crippen LogP contribution in [0.1, 0.15) is 64.4 Å². The highest BCUT2D eigenvalue weighted by atomic mass is 16.5. The number of hydrogen-bond donors (Lipinski definition) is 0. The van der Waals surface area contributed by atoms with Gasteiger partial charge < -0.3 is 9.64 Å². The Kier molecular flexibility index (Phi) is 8.47. The summed E-state index contributed by atoms with van der Waals surface area (Å²) in [7, 11) is 1.70. The zero-order valence-electron chi connectivity index (χ0n) is 16.3. The number of carbonyl (C=O) groups is 1. The molecule has 1 saturated carbocycles. The molecule has 140 valence electrons. The van der Waals surface area contributed by atoms with Gasteiger partial charge in [0.1, 0.15) is 11.5 Å². The summed E-state index contributed by atoms with van der Waals surface area (Å²) in [5, 5.41) is 0. The van der Waals surface area contributed by atoms with E-state index in [0.717, 1.165) is 50.9 Å². The fourth-order valence-corrected chi connectivity index (χ4v) is 4.01. The third-order valence-corrected chi connectivity index (χ3v) is 5.65. The molecule has 0 radical (unpaired) electrons. The second kappa shape index (κ2) is 10.6. The van der Waals surface area contributed by atoms with E-state index in [0.29, 0.717) is 17.7 Å². The van der Waals surface area contributed by atoms with Gasteiger partial charge in [0.25, 0.3) is 0 Å². The first-order chi connectivity index (χ1) is 12.1. The van der Waals surface area contributed by atoms with Crippen molar-refractivity contribution >= 4 is 5.78 Å². The van der Waals surface area contributed by atoms with Crippen LogP contribution in [0.25, 0.3) is 0 Å². The number of ether oxygens (including phenoxy) is 1. The van der Waals surface area contributed by atoms with Crippen molar-refractivity contribution in [3.63, 3.8) is 0 Å². The highest BCUT2D eigenvalue weighted by Crippen LogP contribution is 2.25. The Morgan fingerprint density at radius 1 is 1.20 bits per heavy atom. The van der Waals surface area contributed by atoms with Crippen LogP contribution in [0.15, 0.2) is 24.3 Å². The lowest BCUT2D eigenvalue weighted by molar-refractivity contribution is -0.124. The third-order valence-electron chi connectivity index (χ3n) is 5.65. The molecule has 0 spiro atoms. The summed E-state index contributed by atoms with van der Waals surface area (Å²) in [6.07, 6.45) is 8.86. The summed E-state index contributed by atoms with van der Waals surface area (Å²) in [4.78, 5) is 14.9. The van der Waals surface area contributed by atoms with Crippen molar-refractivity contribution in [2.24, 2.45) is 5.92 Å². The van der Waals surface area contributed by atoms with Gasteiger partial charge in [-0.05, 0) is 63.4 Å². The highest BCUT2D eigenvalue weighted by molar-refractivity contribution is 5.81. The average molecular weight is 346 g/mol. The van der Waals surface area contributed by atoms with E-state index in [-0.39, 0.29) is 0 Å². The molecule has 2 rings (SSSR count). The molecule has 1 atom stereocenters. The molecule has 0 bridgehead atoms. The van der Waals surface area contributed by atoms with Crippen LogP contribution in [0.4, 0.5) is 0 Å². The van der Waals surface area contributed by atoms with Crippen LogP contribution in [-0.2, 0) is 11.2 Å². The molecule has 1 aliphatic rings. The van der Waals surface area contributed by atoms with Crippen LogP contribution in [0.5, 0.6) is 5.75 Å². The van der Waals surface area contributed by atoms with Gasteiger partial charge in [0.15, 0.2) is 0 Å². The second-order valence-corrected chi connectivity index (χ2v) is 7.43. The number of ketones is 1. The zero-order chi connectivity index (χ0) is 18.1. The van der Waals surface area contributed by atoms with Gasteiger partial charge in [0.05, 0.1) is 7.11 Å². The van der Waals surface area contributed by atoms with E-state index in [1.54, 1.807) is 7.11 Å². The fourth-order valence-electron chi connectivity index (χ4n) is 4.01. The Bertz CT molecular complexity index is 505. The maximum atomic E-state index is 12.4. The number of hydrogen-bond acceptors (Lipinski definition) is 3. The van der Waals surface area contributed by atoms with E-state index < -0.39 is 0 Å². The number of rotatable bonds is 10. The van der Waals surface area contributed by atoms with E-state index in [1.165, 1.54) is 24.8 Å². The van der Waals surface area contributed by atoms with E-state index in [9.17, 15) is 4.79 Å². The molecule has 0 saturated heterocycles. The van der Waals surface area contributed by atoms with Crippen LogP contribution < -0.4 is 4.74 Å². The van der Waals surface area contributed by atoms with Crippen LogP contribution >= 0.6 is 0 Å². The minimum absolute atomic E-state index is 0.362. The van der Waals surface area contributed by atoms with Crippen molar-refractivity contribution in [3.05, 3.63) is 29.8 Å². The van der Waals surface area contributed by atoms with E-state index in [2.05, 4.69) is 30.9 Å². The van der Waals surface area contributed by atoms with Crippen molar-refractivity contribution in [1.82, 2.24) is 4.90 Å². The number of Topliss-reactive ketones (excluding diaryl/α,β-unsaturated/α-hetero) is 1. The maximum Gasteiger partial charge on any atom is 0.136 e. The largest absolute Gasteiger partial charge is 0.497 e. The lowest BCUT2D eigenvalue weighted by Crippen LogP contribution is -2.35. The normalized spacial score (nSPS) is 16.8. The molecule has 0 heterocycles. The van der Waals surface area contributed by atoms with Crippen molar-refractivity contribution < 1.29 is 9.53 Å². The van der Waals surface area contributed by atoms with Crippen LogP contribution in [-0.4, -0.2) is 36.9 Å². The molecule has 0 N–H and O–H groups in total. The topological polar surface area (TPSA) is 29.5 Å². The molecule has 1 aromatic carbocycles. The molecule has 1 fully saturated rings. The lowest BCUT2D eigenvalue weighted by atomic mass is 9.85. The van der Waals surface area contributed by atoms with Crippen LogP contribution in [0.2, 0.25) is 0 Å². The van der Waals surface area contributed by atoms with Crippen molar-refractivity contribution in [2.75, 3.05) is 20.2 Å². The average Bonchev–Trinajstić information content (AvgIpc) is 2.66. The first-order valence-corrected chi connectivity index (χ1v) is 10.0. The summed E-state index contributed by atoms with van der Waals surface area (Å²) in [6, 6.07) is 8.84. The minimum Gasteiger partial charge on any atom is -0.497 e. The van der Waals surface area contributed by atoms with Crippen molar-refractivity contribution in [3.8, 4) is 5.75 Å². The Balaban J connectivity index is 1.74. The minimum atomic E-state index is 0.362. The number of benzene rings is 1. The first-order valence-electron chi connectivity index (χ1n) is 10.0. The molecular weight excluding hydrogens is 310 g/mol. The SMILES string of the molecule is CCN(CCCC(=O)C1CCCCC1)[C@H](C)Cc1ccc(OC)cc1. The quantitative estimate of drug-likeness (QED) is 0.605. The third kappa shape index (κ3) is 6.47. The summed E-state index contributed by atoms with van der Waals surface area (Å²) in [6.45, 7) is 6.56. The molecule has 1 aromatic rings. The van der Waals surface area contributed by atoms with Crippen molar-refractivity contribution in [1.29, 1.82) is 0 Å². The van der Waals surface area contributed by atoms with Crippen LogP contribution in [0.3, 0.4) is 0 Å². The van der Waals surface area contributed by atoms with Gasteiger partial charge in [-0.3, -0.25) is 4.79 Å². The summed E-state index contributed by atoms with van der Waals surface area (Å²) >= 11 is 0. The number of nitrogens with zero attached hydrogens (tertiary/aromatic N) is 1. The second-order valence-electron chi connectivity index (χ2n) is 7.43. The van der Waals surface area contributed by atoms with E-state index in [4.69, 9.17) is 4.74 Å². The Morgan fingerprint density at radius 2 is 1.88 bits per heavy atom. The Morgan fingerprint density at radius 3 is 2.48 bits per heavy atom. The highest BCUT2D eigenvalue weighted by Gasteiger charge is 2.21. The number of carbonyl (C=O) groups excluding carboxylic acids is 1. The monoisotopic (exact) mass is 345 g/mol. The standard InChI is InChI=1S/C22H35NO2/c1-4-23(16-8-11-22(24)20-9-6-5-7-10-20)18(2)17-19-12-14-21(25-3)15-13-19/h12-15,18,20H,4-11,16-17H2,1-3H3/t18-/m1/s1. The van der Waals surface area contributed by atoms with Crippen molar-refractivity contribution in [2.45, 2.75) is 71.3 Å². The predicted molar refractivity (Wildman–Crippen MR) is 104 cm³/mol. The molecule has 3 nitrogen and oxygen atoms in total. The molecule has 0 aromatic heterocycles. The van der Waals surface area contributed by atoms with Gasteiger partial charge in [0.2, 0.25) is 0 Å². The first kappa shape index (κ1) is 20.0.